The predicted octanol–water partition coefficient (Wildman–Crippen LogP) is 5.22. The average Bonchev–Trinajstić information content (AvgIpc) is 3.32. The number of anilines is 1. The molecule has 1 amide bonds. The van der Waals surface area contributed by atoms with Crippen molar-refractivity contribution in [2.45, 2.75) is 18.9 Å². The van der Waals surface area contributed by atoms with Gasteiger partial charge in [0.25, 0.3) is 0 Å². The number of amides is 1. The molecule has 0 bridgehead atoms. The second-order valence-electron chi connectivity index (χ2n) is 8.28. The largest absolute Gasteiger partial charge is 0.457 e. The highest BCUT2D eigenvalue weighted by molar-refractivity contribution is 7.18. The van der Waals surface area contributed by atoms with Crippen LogP contribution in [0.4, 0.5) is 5.82 Å². The molecule has 2 aromatic carbocycles. The molecular weight excluding hydrogens is 444 g/mol. The number of thiophene rings is 1. The second kappa shape index (κ2) is 10.1. The van der Waals surface area contributed by atoms with Crippen molar-refractivity contribution >= 4 is 39.2 Å². The number of carbonyl (C=O) groups excluding carboxylic acids is 1. The first-order valence-corrected chi connectivity index (χ1v) is 12.2. The van der Waals surface area contributed by atoms with Gasteiger partial charge in [0.15, 0.2) is 0 Å². The van der Waals surface area contributed by atoms with E-state index in [1.165, 1.54) is 0 Å². The van der Waals surface area contributed by atoms with E-state index in [1.807, 2.05) is 60.7 Å². The SMILES string of the molecule is Nc1ncc(/C=C/C(=O)N[C@@H]2CCCNC2)c2scc(-c3ccc(Oc4ccccc4)cc3)c12. The summed E-state index contributed by atoms with van der Waals surface area (Å²) in [6.45, 7) is 1.83. The van der Waals surface area contributed by atoms with Gasteiger partial charge in [-0.15, -0.1) is 11.3 Å². The van der Waals surface area contributed by atoms with Gasteiger partial charge in [-0.1, -0.05) is 30.3 Å². The number of hydrogen-bond donors (Lipinski definition) is 3. The Kier molecular flexibility index (Phi) is 6.56. The Morgan fingerprint density at radius 2 is 1.94 bits per heavy atom. The molecule has 0 unspecified atom stereocenters. The summed E-state index contributed by atoms with van der Waals surface area (Å²) in [5, 5.41) is 9.36. The number of pyridine rings is 1. The molecule has 4 N–H and O–H groups in total. The normalized spacial score (nSPS) is 16.1. The van der Waals surface area contributed by atoms with Gasteiger partial charge < -0.3 is 21.1 Å². The molecule has 1 fully saturated rings. The van der Waals surface area contributed by atoms with Gasteiger partial charge in [0.1, 0.15) is 17.3 Å². The third kappa shape index (κ3) is 4.95. The van der Waals surface area contributed by atoms with Crippen molar-refractivity contribution in [3.8, 4) is 22.6 Å². The van der Waals surface area contributed by atoms with Crippen LogP contribution in [-0.2, 0) is 4.79 Å². The molecule has 34 heavy (non-hydrogen) atoms. The van der Waals surface area contributed by atoms with E-state index in [1.54, 1.807) is 23.6 Å². The van der Waals surface area contributed by atoms with Crippen molar-refractivity contribution in [2.75, 3.05) is 18.8 Å². The molecule has 7 heteroatoms. The molecule has 1 saturated heterocycles. The summed E-state index contributed by atoms with van der Waals surface area (Å²) in [7, 11) is 0. The summed E-state index contributed by atoms with van der Waals surface area (Å²) < 4.78 is 6.91. The van der Waals surface area contributed by atoms with E-state index in [2.05, 4.69) is 21.0 Å². The number of para-hydroxylation sites is 1. The topological polar surface area (TPSA) is 89.3 Å². The Balaban J connectivity index is 1.36. The van der Waals surface area contributed by atoms with E-state index >= 15 is 0 Å². The number of nitrogens with two attached hydrogens (primary N) is 1. The predicted molar refractivity (Wildman–Crippen MR) is 139 cm³/mol. The number of nitrogens with zero attached hydrogens (tertiary/aromatic N) is 1. The molecule has 2 aromatic heterocycles. The maximum Gasteiger partial charge on any atom is 0.244 e. The zero-order valence-corrected chi connectivity index (χ0v) is 19.5. The molecule has 1 atom stereocenters. The second-order valence-corrected chi connectivity index (χ2v) is 9.16. The highest BCUT2D eigenvalue weighted by atomic mass is 32.1. The molecule has 4 aromatic rings. The fourth-order valence-corrected chi connectivity index (χ4v) is 5.21. The number of benzene rings is 2. The molecule has 1 aliphatic heterocycles. The fourth-order valence-electron chi connectivity index (χ4n) is 4.13. The van der Waals surface area contributed by atoms with Crippen LogP contribution < -0.4 is 21.1 Å². The minimum atomic E-state index is -0.0931. The van der Waals surface area contributed by atoms with Crippen molar-refractivity contribution < 1.29 is 9.53 Å². The number of fused-ring (bicyclic) bond motifs is 1. The minimum Gasteiger partial charge on any atom is -0.457 e. The van der Waals surface area contributed by atoms with Gasteiger partial charge in [-0.2, -0.15) is 0 Å². The standard InChI is InChI=1S/C27H26N4O2S/c28-27-25-23(18-8-11-22(12-9-18)33-21-6-2-1-3-7-21)17-34-26(25)19(15-30-27)10-13-24(32)31-20-5-4-14-29-16-20/h1-3,6-13,15,17,20,29H,4-5,14,16H2,(H2,28,30)(H,31,32)/b13-10+/t20-/m1/s1. The van der Waals surface area contributed by atoms with E-state index in [4.69, 9.17) is 10.5 Å². The van der Waals surface area contributed by atoms with Crippen LogP contribution in [0.1, 0.15) is 18.4 Å². The zero-order chi connectivity index (χ0) is 23.3. The molecule has 5 rings (SSSR count). The number of nitrogens with one attached hydrogen (secondary N) is 2. The monoisotopic (exact) mass is 470 g/mol. The van der Waals surface area contributed by atoms with E-state index < -0.39 is 0 Å². The van der Waals surface area contributed by atoms with Crippen molar-refractivity contribution in [3.63, 3.8) is 0 Å². The maximum atomic E-state index is 12.4. The number of aromatic nitrogens is 1. The van der Waals surface area contributed by atoms with Crippen LogP contribution in [0.5, 0.6) is 11.5 Å². The summed E-state index contributed by atoms with van der Waals surface area (Å²) in [6.07, 6.45) is 7.20. The first kappa shape index (κ1) is 22.1. The average molecular weight is 471 g/mol. The lowest BCUT2D eigenvalue weighted by Crippen LogP contribution is -2.45. The molecule has 0 saturated carbocycles. The summed E-state index contributed by atoms with van der Waals surface area (Å²) in [5.41, 5.74) is 9.21. The Morgan fingerprint density at radius 1 is 1.15 bits per heavy atom. The number of carbonyl (C=O) groups is 1. The highest BCUT2D eigenvalue weighted by Crippen LogP contribution is 2.39. The number of piperidine rings is 1. The lowest BCUT2D eigenvalue weighted by molar-refractivity contribution is -0.117. The molecule has 0 radical (unpaired) electrons. The summed E-state index contributed by atoms with van der Waals surface area (Å²) in [6, 6.07) is 17.8. The number of nitrogen functional groups attached to an aromatic ring is 1. The van der Waals surface area contributed by atoms with Gasteiger partial charge in [0.05, 0.1) is 0 Å². The van der Waals surface area contributed by atoms with Crippen LogP contribution in [-0.4, -0.2) is 30.0 Å². The fraction of sp³-hybridized carbons (Fsp3) is 0.185. The van der Waals surface area contributed by atoms with E-state index in [0.717, 1.165) is 64.2 Å². The summed E-state index contributed by atoms with van der Waals surface area (Å²) in [5.74, 6) is 1.95. The van der Waals surface area contributed by atoms with Crippen molar-refractivity contribution in [2.24, 2.45) is 0 Å². The lowest BCUT2D eigenvalue weighted by atomic mass is 10.0. The third-order valence-electron chi connectivity index (χ3n) is 5.85. The molecule has 1 aliphatic rings. The Bertz CT molecular complexity index is 1310. The first-order chi connectivity index (χ1) is 16.7. The van der Waals surface area contributed by atoms with Crippen molar-refractivity contribution in [3.05, 3.63) is 77.8 Å². The maximum absolute atomic E-state index is 12.4. The van der Waals surface area contributed by atoms with Gasteiger partial charge in [-0.3, -0.25) is 4.79 Å². The third-order valence-corrected chi connectivity index (χ3v) is 6.88. The van der Waals surface area contributed by atoms with Gasteiger partial charge in [-0.25, -0.2) is 4.98 Å². The van der Waals surface area contributed by atoms with E-state index in [9.17, 15) is 4.79 Å². The van der Waals surface area contributed by atoms with Gasteiger partial charge >= 0.3 is 0 Å². The molecule has 3 heterocycles. The zero-order valence-electron chi connectivity index (χ0n) is 18.7. The minimum absolute atomic E-state index is 0.0931. The van der Waals surface area contributed by atoms with Crippen LogP contribution >= 0.6 is 11.3 Å². The van der Waals surface area contributed by atoms with Gasteiger partial charge in [0, 0.05) is 46.1 Å². The Morgan fingerprint density at radius 3 is 2.71 bits per heavy atom. The Hall–Kier alpha value is -3.68. The lowest BCUT2D eigenvalue weighted by Gasteiger charge is -2.23. The van der Waals surface area contributed by atoms with Crippen LogP contribution in [0.3, 0.4) is 0 Å². The quantitative estimate of drug-likeness (QED) is 0.336. The van der Waals surface area contributed by atoms with E-state index in [0.29, 0.717) is 5.82 Å². The highest BCUT2D eigenvalue weighted by Gasteiger charge is 2.15. The van der Waals surface area contributed by atoms with Crippen LogP contribution in [0, 0.1) is 0 Å². The molecule has 0 spiro atoms. The number of hydrogen-bond acceptors (Lipinski definition) is 6. The van der Waals surface area contributed by atoms with Crippen LogP contribution in [0.25, 0.3) is 27.3 Å². The van der Waals surface area contributed by atoms with Gasteiger partial charge in [0.2, 0.25) is 5.91 Å². The summed E-state index contributed by atoms with van der Waals surface area (Å²) in [4.78, 5) is 16.8. The van der Waals surface area contributed by atoms with Crippen molar-refractivity contribution in [1.82, 2.24) is 15.6 Å². The summed E-state index contributed by atoms with van der Waals surface area (Å²) >= 11 is 1.60. The number of rotatable bonds is 6. The molecule has 6 nitrogen and oxygen atoms in total. The van der Waals surface area contributed by atoms with Crippen LogP contribution in [0.15, 0.2) is 72.3 Å². The smallest absolute Gasteiger partial charge is 0.244 e. The van der Waals surface area contributed by atoms with Gasteiger partial charge in [-0.05, 0) is 60.7 Å². The van der Waals surface area contributed by atoms with Crippen LogP contribution in [0.2, 0.25) is 0 Å². The van der Waals surface area contributed by atoms with E-state index in [-0.39, 0.29) is 11.9 Å². The first-order valence-electron chi connectivity index (χ1n) is 11.4. The molecular formula is C27H26N4O2S. The molecule has 0 aliphatic carbocycles. The Labute approximate surface area is 202 Å². The molecule has 172 valence electrons. The van der Waals surface area contributed by atoms with Crippen molar-refractivity contribution in [1.29, 1.82) is 0 Å². The number of ether oxygens (including phenoxy) is 1.